The second-order valence-corrected chi connectivity index (χ2v) is 5.49. The number of carbonyl (C=O) groups excluding carboxylic acids is 1. The largest absolute Gasteiger partial charge is 0.446 e. The lowest BCUT2D eigenvalue weighted by Gasteiger charge is -2.30. The van der Waals surface area contributed by atoms with Gasteiger partial charge >= 0.3 is 6.09 Å². The van der Waals surface area contributed by atoms with Gasteiger partial charge in [-0.1, -0.05) is 0 Å². The molecule has 18 heavy (non-hydrogen) atoms. The van der Waals surface area contributed by atoms with E-state index < -0.39 is 6.09 Å². The van der Waals surface area contributed by atoms with E-state index in [1.807, 2.05) is 0 Å². The minimum atomic E-state index is -0.694. The number of hydrogen-bond acceptors (Lipinski definition) is 6. The molecule has 1 amide bonds. The quantitative estimate of drug-likeness (QED) is 0.841. The van der Waals surface area contributed by atoms with Crippen LogP contribution in [0.3, 0.4) is 0 Å². The molecule has 1 aromatic rings. The van der Waals surface area contributed by atoms with Crippen molar-refractivity contribution in [3.63, 3.8) is 0 Å². The summed E-state index contributed by atoms with van der Waals surface area (Å²) in [6.45, 7) is 2.57. The van der Waals surface area contributed by atoms with Crippen LogP contribution in [0.15, 0.2) is 6.20 Å². The number of aliphatic hydroxyl groups is 1. The van der Waals surface area contributed by atoms with Crippen LogP contribution in [0.4, 0.5) is 4.79 Å². The number of aromatic nitrogens is 1. The second kappa shape index (κ2) is 6.12. The molecule has 0 spiro atoms. The van der Waals surface area contributed by atoms with Crippen LogP contribution in [0.2, 0.25) is 0 Å². The summed E-state index contributed by atoms with van der Waals surface area (Å²) in [4.78, 5) is 18.0. The van der Waals surface area contributed by atoms with Gasteiger partial charge in [-0.05, 0) is 12.8 Å². The van der Waals surface area contributed by atoms with Gasteiger partial charge in [0.1, 0.15) is 11.1 Å². The monoisotopic (exact) mass is 271 g/mol. The van der Waals surface area contributed by atoms with Crippen LogP contribution in [0, 0.1) is 0 Å². The molecule has 1 saturated heterocycles. The van der Waals surface area contributed by atoms with Crippen LogP contribution in [0.1, 0.15) is 22.7 Å². The predicted octanol–water partition coefficient (Wildman–Crippen LogP) is 0.695. The fourth-order valence-corrected chi connectivity index (χ4v) is 2.86. The van der Waals surface area contributed by atoms with Gasteiger partial charge in [0, 0.05) is 19.3 Å². The standard InChI is InChI=1S/C11H17N3O3S/c12-11(16)17-8-1-3-14(4-2-8)6-10-13-5-9(7-15)18-10/h5,8,15H,1-4,6-7H2,(H2,12,16). The maximum atomic E-state index is 10.6. The van der Waals surface area contributed by atoms with Crippen molar-refractivity contribution in [1.29, 1.82) is 0 Å². The molecule has 0 atom stereocenters. The number of hydrogen-bond donors (Lipinski definition) is 2. The van der Waals surface area contributed by atoms with Crippen LogP contribution in [-0.2, 0) is 17.9 Å². The van der Waals surface area contributed by atoms with E-state index in [4.69, 9.17) is 15.6 Å². The Morgan fingerprint density at radius 2 is 2.33 bits per heavy atom. The van der Waals surface area contributed by atoms with Gasteiger partial charge < -0.3 is 15.6 Å². The van der Waals surface area contributed by atoms with E-state index in [9.17, 15) is 4.79 Å². The number of rotatable bonds is 4. The Morgan fingerprint density at radius 3 is 2.89 bits per heavy atom. The van der Waals surface area contributed by atoms with Crippen molar-refractivity contribution in [2.75, 3.05) is 13.1 Å². The summed E-state index contributed by atoms with van der Waals surface area (Å²) >= 11 is 1.53. The maximum Gasteiger partial charge on any atom is 0.404 e. The molecule has 1 fully saturated rings. The van der Waals surface area contributed by atoms with E-state index in [1.54, 1.807) is 6.20 Å². The molecule has 0 aliphatic carbocycles. The van der Waals surface area contributed by atoms with Crippen molar-refractivity contribution < 1.29 is 14.6 Å². The Kier molecular flexibility index (Phi) is 4.51. The third-order valence-electron chi connectivity index (χ3n) is 2.93. The summed E-state index contributed by atoms with van der Waals surface area (Å²) in [5.74, 6) is 0. The highest BCUT2D eigenvalue weighted by atomic mass is 32.1. The lowest BCUT2D eigenvalue weighted by molar-refractivity contribution is 0.0541. The first-order valence-corrected chi connectivity index (χ1v) is 6.72. The number of amides is 1. The molecule has 2 heterocycles. The molecular formula is C11H17N3O3S. The first-order chi connectivity index (χ1) is 8.67. The van der Waals surface area contributed by atoms with Crippen molar-refractivity contribution in [3.8, 4) is 0 Å². The Balaban J connectivity index is 1.78. The number of nitrogens with zero attached hydrogens (tertiary/aromatic N) is 2. The Bertz CT molecular complexity index is 402. The molecule has 2 rings (SSSR count). The second-order valence-electron chi connectivity index (χ2n) is 4.29. The molecule has 0 bridgehead atoms. The van der Waals surface area contributed by atoms with Gasteiger partial charge in [0.15, 0.2) is 0 Å². The summed E-state index contributed by atoms with van der Waals surface area (Å²) in [5.41, 5.74) is 4.99. The minimum Gasteiger partial charge on any atom is -0.446 e. The van der Waals surface area contributed by atoms with Gasteiger partial charge in [0.05, 0.1) is 18.0 Å². The van der Waals surface area contributed by atoms with Crippen LogP contribution in [0.5, 0.6) is 0 Å². The van der Waals surface area contributed by atoms with Crippen molar-refractivity contribution >= 4 is 17.4 Å². The van der Waals surface area contributed by atoms with Gasteiger partial charge in [-0.2, -0.15) is 0 Å². The highest BCUT2D eigenvalue weighted by Crippen LogP contribution is 2.19. The zero-order chi connectivity index (χ0) is 13.0. The van der Waals surface area contributed by atoms with E-state index in [2.05, 4.69) is 9.88 Å². The lowest BCUT2D eigenvalue weighted by Crippen LogP contribution is -2.38. The number of piperidine rings is 1. The van der Waals surface area contributed by atoms with E-state index >= 15 is 0 Å². The number of thiazole rings is 1. The van der Waals surface area contributed by atoms with Crippen LogP contribution in [0.25, 0.3) is 0 Å². The fraction of sp³-hybridized carbons (Fsp3) is 0.636. The third-order valence-corrected chi connectivity index (χ3v) is 3.90. The molecule has 3 N–H and O–H groups in total. The summed E-state index contributed by atoms with van der Waals surface area (Å²) in [6.07, 6.45) is 2.58. The molecule has 0 aromatic carbocycles. The SMILES string of the molecule is NC(=O)OC1CCN(Cc2ncc(CO)s2)CC1. The molecule has 1 aromatic heterocycles. The number of primary amides is 1. The van der Waals surface area contributed by atoms with Crippen LogP contribution in [-0.4, -0.2) is 40.3 Å². The van der Waals surface area contributed by atoms with Gasteiger partial charge in [-0.25, -0.2) is 9.78 Å². The van der Waals surface area contributed by atoms with Crippen LogP contribution >= 0.6 is 11.3 Å². The highest BCUT2D eigenvalue weighted by molar-refractivity contribution is 7.11. The first-order valence-electron chi connectivity index (χ1n) is 5.90. The fourth-order valence-electron chi connectivity index (χ4n) is 2.04. The highest BCUT2D eigenvalue weighted by Gasteiger charge is 2.22. The molecule has 0 radical (unpaired) electrons. The average molecular weight is 271 g/mol. The molecule has 1 aliphatic rings. The smallest absolute Gasteiger partial charge is 0.404 e. The van der Waals surface area contributed by atoms with Crippen molar-refractivity contribution in [2.45, 2.75) is 32.1 Å². The number of nitrogens with two attached hydrogens (primary N) is 1. The van der Waals surface area contributed by atoms with Gasteiger partial charge in [-0.15, -0.1) is 11.3 Å². The molecule has 6 nitrogen and oxygen atoms in total. The third kappa shape index (κ3) is 3.66. The summed E-state index contributed by atoms with van der Waals surface area (Å²) in [7, 11) is 0. The normalized spacial score (nSPS) is 17.8. The Morgan fingerprint density at radius 1 is 1.61 bits per heavy atom. The molecule has 1 aliphatic heterocycles. The molecular weight excluding hydrogens is 254 g/mol. The maximum absolute atomic E-state index is 10.6. The predicted molar refractivity (Wildman–Crippen MR) is 67.0 cm³/mol. The first kappa shape index (κ1) is 13.3. The summed E-state index contributed by atoms with van der Waals surface area (Å²) in [6, 6.07) is 0. The Hall–Kier alpha value is -1.18. The van der Waals surface area contributed by atoms with E-state index in [0.29, 0.717) is 0 Å². The molecule has 7 heteroatoms. The number of aliphatic hydroxyl groups excluding tert-OH is 1. The van der Waals surface area contributed by atoms with Crippen LogP contribution < -0.4 is 5.73 Å². The molecule has 0 saturated carbocycles. The van der Waals surface area contributed by atoms with Gasteiger partial charge in [-0.3, -0.25) is 4.90 Å². The van der Waals surface area contributed by atoms with Gasteiger partial charge in [0.25, 0.3) is 0 Å². The zero-order valence-corrected chi connectivity index (χ0v) is 10.9. The van der Waals surface area contributed by atoms with Crippen molar-refractivity contribution in [3.05, 3.63) is 16.1 Å². The lowest BCUT2D eigenvalue weighted by atomic mass is 10.1. The van der Waals surface area contributed by atoms with E-state index in [0.717, 1.165) is 42.4 Å². The van der Waals surface area contributed by atoms with E-state index in [-0.39, 0.29) is 12.7 Å². The number of likely N-dealkylation sites (tertiary alicyclic amines) is 1. The molecule has 0 unspecified atom stereocenters. The number of ether oxygens (including phenoxy) is 1. The molecule has 100 valence electrons. The van der Waals surface area contributed by atoms with Crippen molar-refractivity contribution in [1.82, 2.24) is 9.88 Å². The van der Waals surface area contributed by atoms with Gasteiger partial charge in [0.2, 0.25) is 0 Å². The minimum absolute atomic E-state index is 0.0478. The topological polar surface area (TPSA) is 88.7 Å². The zero-order valence-electron chi connectivity index (χ0n) is 10.0. The average Bonchev–Trinajstić information content (AvgIpc) is 2.79. The van der Waals surface area contributed by atoms with Crippen molar-refractivity contribution in [2.24, 2.45) is 5.73 Å². The van der Waals surface area contributed by atoms with E-state index in [1.165, 1.54) is 11.3 Å². The summed E-state index contributed by atoms with van der Waals surface area (Å²) < 4.78 is 4.98. The summed E-state index contributed by atoms with van der Waals surface area (Å²) in [5, 5.41) is 9.98. The Labute approximate surface area is 109 Å². The number of carbonyl (C=O) groups is 1.